The average molecular weight is 405 g/mol. The molecular weight excluding hydrogens is 375 g/mol. The van der Waals surface area contributed by atoms with Gasteiger partial charge in [0.1, 0.15) is 11.5 Å². The molecule has 0 aliphatic carbocycles. The van der Waals surface area contributed by atoms with Crippen LogP contribution in [0.15, 0.2) is 77.8 Å². The van der Waals surface area contributed by atoms with E-state index in [0.29, 0.717) is 11.5 Å². The summed E-state index contributed by atoms with van der Waals surface area (Å²) in [6.45, 7) is 12.7. The van der Waals surface area contributed by atoms with Gasteiger partial charge in [-0.1, -0.05) is 42.5 Å². The monoisotopic (exact) mass is 404 g/mol. The summed E-state index contributed by atoms with van der Waals surface area (Å²) in [5.74, 6) is 4.87. The lowest BCUT2D eigenvalue weighted by atomic mass is 10.4. The van der Waals surface area contributed by atoms with Gasteiger partial charge in [-0.25, -0.2) is 0 Å². The van der Waals surface area contributed by atoms with Gasteiger partial charge in [0.05, 0.1) is 0 Å². The summed E-state index contributed by atoms with van der Waals surface area (Å²) < 4.78 is 26.3. The quantitative estimate of drug-likeness (QED) is 0.434. The predicted octanol–water partition coefficient (Wildman–Crippen LogP) is 6.19. The second-order valence-corrected chi connectivity index (χ2v) is 19.6. The maximum atomic E-state index is 14.0. The van der Waals surface area contributed by atoms with Crippen LogP contribution in [0.25, 0.3) is 0 Å². The molecule has 3 nitrogen and oxygen atoms in total. The van der Waals surface area contributed by atoms with Gasteiger partial charge in [-0.05, 0) is 51.4 Å². The number of benzene rings is 1. The van der Waals surface area contributed by atoms with Crippen LogP contribution in [-0.4, -0.2) is 16.6 Å². The van der Waals surface area contributed by atoms with Gasteiger partial charge in [-0.15, -0.1) is 0 Å². The van der Waals surface area contributed by atoms with Crippen molar-refractivity contribution in [2.45, 2.75) is 39.3 Å². The van der Waals surface area contributed by atoms with Crippen LogP contribution in [0.4, 0.5) is 0 Å². The van der Waals surface area contributed by atoms with Crippen LogP contribution in [-0.2, 0) is 13.4 Å². The van der Waals surface area contributed by atoms with Gasteiger partial charge in [0, 0.05) is 16.9 Å². The van der Waals surface area contributed by atoms with E-state index in [1.807, 2.05) is 54.6 Å². The summed E-state index contributed by atoms with van der Waals surface area (Å²) in [5.41, 5.74) is 0. The minimum atomic E-state index is -2.98. The molecular formula is C20H29O3PSi2. The molecule has 1 aromatic carbocycles. The van der Waals surface area contributed by atoms with Gasteiger partial charge in [0.15, 0.2) is 7.14 Å². The Morgan fingerprint density at radius 3 is 1.54 bits per heavy atom. The maximum Gasteiger partial charge on any atom is 0.242 e. The fraction of sp³-hybridized carbons (Fsp3) is 0.300. The zero-order chi connectivity index (χ0) is 19.4. The van der Waals surface area contributed by atoms with Crippen LogP contribution >= 0.6 is 7.14 Å². The van der Waals surface area contributed by atoms with Gasteiger partial charge in [0.25, 0.3) is 0 Å². The van der Waals surface area contributed by atoms with Crippen LogP contribution in [0.5, 0.6) is 0 Å². The Kier molecular flexibility index (Phi) is 6.38. The molecule has 0 N–H and O–H groups in total. The van der Waals surface area contributed by atoms with Crippen molar-refractivity contribution in [3.63, 3.8) is 0 Å². The lowest BCUT2D eigenvalue weighted by molar-refractivity contribution is 0.442. The van der Waals surface area contributed by atoms with E-state index in [1.165, 1.54) is 0 Å². The standard InChI is InChI=1S/C20H29O3PSi2/c1-25(2,3)22-18-12-10-11-13-19(23-26(4,5)6)17-24(21,16-18)20-14-8-7-9-15-20/h7-17H,1-6H3/b12-10-,13-11-,18-16+,19-17+. The van der Waals surface area contributed by atoms with Crippen molar-refractivity contribution in [2.75, 3.05) is 0 Å². The van der Waals surface area contributed by atoms with Crippen molar-refractivity contribution in [3.8, 4) is 0 Å². The third-order valence-corrected chi connectivity index (χ3v) is 7.36. The summed E-state index contributed by atoms with van der Waals surface area (Å²) in [4.78, 5) is 0. The summed E-state index contributed by atoms with van der Waals surface area (Å²) >= 11 is 0. The highest BCUT2D eigenvalue weighted by Crippen LogP contribution is 2.50. The first kappa shape index (κ1) is 20.8. The molecule has 0 aromatic heterocycles. The van der Waals surface area contributed by atoms with E-state index >= 15 is 0 Å². The Morgan fingerprint density at radius 2 is 1.15 bits per heavy atom. The first-order valence-electron chi connectivity index (χ1n) is 8.80. The molecule has 1 aliphatic rings. The van der Waals surface area contributed by atoms with Gasteiger partial charge in [0.2, 0.25) is 16.6 Å². The highest BCUT2D eigenvalue weighted by molar-refractivity contribution is 7.77. The Balaban J connectivity index is 2.61. The Bertz CT molecular complexity index is 749. The second-order valence-electron chi connectivity index (χ2n) is 8.25. The minimum Gasteiger partial charge on any atom is -0.544 e. The number of rotatable bonds is 5. The Hall–Kier alpha value is -1.56. The van der Waals surface area contributed by atoms with E-state index in [4.69, 9.17) is 8.85 Å². The van der Waals surface area contributed by atoms with Crippen LogP contribution in [0.2, 0.25) is 39.3 Å². The van der Waals surface area contributed by atoms with Crippen LogP contribution in [0, 0.1) is 0 Å². The molecule has 0 bridgehead atoms. The molecule has 2 rings (SSSR count). The molecule has 0 atom stereocenters. The molecule has 0 fully saturated rings. The zero-order valence-electron chi connectivity index (χ0n) is 16.5. The van der Waals surface area contributed by atoms with Gasteiger partial charge in [-0.2, -0.15) is 0 Å². The van der Waals surface area contributed by atoms with Crippen molar-refractivity contribution in [1.29, 1.82) is 0 Å². The highest BCUT2D eigenvalue weighted by Gasteiger charge is 2.26. The van der Waals surface area contributed by atoms with Crippen LogP contribution < -0.4 is 5.30 Å². The third kappa shape index (κ3) is 6.63. The van der Waals surface area contributed by atoms with Crippen molar-refractivity contribution in [2.24, 2.45) is 0 Å². The molecule has 0 unspecified atom stereocenters. The lowest BCUT2D eigenvalue weighted by Gasteiger charge is -2.23. The molecule has 26 heavy (non-hydrogen) atoms. The van der Waals surface area contributed by atoms with Crippen LogP contribution in [0.3, 0.4) is 0 Å². The summed E-state index contributed by atoms with van der Waals surface area (Å²) in [6, 6.07) is 9.55. The van der Waals surface area contributed by atoms with E-state index < -0.39 is 23.8 Å². The first-order valence-corrected chi connectivity index (χ1v) is 17.5. The summed E-state index contributed by atoms with van der Waals surface area (Å²) in [7, 11) is -6.64. The molecule has 1 heterocycles. The van der Waals surface area contributed by atoms with Gasteiger partial charge >= 0.3 is 0 Å². The molecule has 1 aliphatic heterocycles. The molecule has 6 heteroatoms. The van der Waals surface area contributed by atoms with Crippen molar-refractivity contribution in [3.05, 3.63) is 77.8 Å². The van der Waals surface area contributed by atoms with E-state index in [-0.39, 0.29) is 0 Å². The number of hydrogen-bond acceptors (Lipinski definition) is 3. The van der Waals surface area contributed by atoms with E-state index in [2.05, 4.69) is 39.3 Å². The number of allylic oxidation sites excluding steroid dienone is 4. The number of hydrogen-bond donors (Lipinski definition) is 0. The molecule has 0 saturated carbocycles. The van der Waals surface area contributed by atoms with Crippen LogP contribution in [0.1, 0.15) is 0 Å². The smallest absolute Gasteiger partial charge is 0.242 e. The van der Waals surface area contributed by atoms with E-state index in [9.17, 15) is 4.57 Å². The SMILES string of the molecule is C[Si](C)(C)OC1=C\P(=O)(c2ccccc2)\C=C(O[Si](C)(C)C)/C=C\C=C/1. The van der Waals surface area contributed by atoms with E-state index in [0.717, 1.165) is 5.30 Å². The Morgan fingerprint density at radius 1 is 0.731 bits per heavy atom. The lowest BCUT2D eigenvalue weighted by Crippen LogP contribution is -2.24. The minimum absolute atomic E-state index is 0.659. The Labute approximate surface area is 159 Å². The molecule has 140 valence electrons. The zero-order valence-corrected chi connectivity index (χ0v) is 19.4. The highest BCUT2D eigenvalue weighted by atomic mass is 31.2. The van der Waals surface area contributed by atoms with E-state index in [1.54, 1.807) is 11.6 Å². The van der Waals surface area contributed by atoms with Gasteiger partial charge < -0.3 is 13.4 Å². The normalized spacial score (nSPS) is 23.9. The molecule has 0 spiro atoms. The third-order valence-electron chi connectivity index (χ3n) is 3.28. The van der Waals surface area contributed by atoms with Gasteiger partial charge in [-0.3, -0.25) is 0 Å². The topological polar surface area (TPSA) is 35.5 Å². The fourth-order valence-corrected chi connectivity index (χ4v) is 6.35. The summed E-state index contributed by atoms with van der Waals surface area (Å²) in [5, 5.41) is 0.775. The van der Waals surface area contributed by atoms with Crippen molar-refractivity contribution in [1.82, 2.24) is 0 Å². The fourth-order valence-electron chi connectivity index (χ4n) is 2.44. The maximum absolute atomic E-state index is 14.0. The second kappa shape index (κ2) is 7.99. The van der Waals surface area contributed by atoms with Crippen molar-refractivity contribution >= 4 is 29.1 Å². The molecule has 0 amide bonds. The first-order chi connectivity index (χ1) is 12.0. The summed E-state index contributed by atoms with van der Waals surface area (Å²) in [6.07, 6.45) is 7.59. The molecule has 0 radical (unpaired) electrons. The average Bonchev–Trinajstić information content (AvgIpc) is 2.55. The predicted molar refractivity (Wildman–Crippen MR) is 117 cm³/mol. The van der Waals surface area contributed by atoms with Crippen molar-refractivity contribution < 1.29 is 13.4 Å². The largest absolute Gasteiger partial charge is 0.544 e. The molecule has 0 saturated heterocycles. The molecule has 1 aromatic rings.